The Balaban J connectivity index is 0.000000157. The molecule has 0 saturated carbocycles. The van der Waals surface area contributed by atoms with E-state index in [9.17, 15) is 19.0 Å². The largest absolute Gasteiger partial charge is 1.00 e. The Labute approximate surface area is 934 Å². The first kappa shape index (κ1) is 105. The van der Waals surface area contributed by atoms with Gasteiger partial charge in [0, 0.05) is 109 Å². The van der Waals surface area contributed by atoms with Crippen molar-refractivity contribution in [3.05, 3.63) is 327 Å². The predicted molar refractivity (Wildman–Crippen MR) is 601 cm³/mol. The van der Waals surface area contributed by atoms with E-state index in [1.807, 2.05) is 25.1 Å². The fourth-order valence-corrected chi connectivity index (χ4v) is 22.4. The van der Waals surface area contributed by atoms with Crippen LogP contribution in [0.15, 0.2) is 268 Å². The summed E-state index contributed by atoms with van der Waals surface area (Å²) < 4.78 is 51.2. The molecule has 0 aliphatic heterocycles. The van der Waals surface area contributed by atoms with E-state index in [2.05, 4.69) is 326 Å². The van der Waals surface area contributed by atoms with Gasteiger partial charge in [-0.25, -0.2) is 30.1 Å². The number of aryl methyl sites for hydroxylation is 13. The SMILES string of the molecule is C.C.C.CF.Cc1cc(C)c(-c2cc3c4ccc(C)cc4n4c5cc6cc7c(cc6cc5c(c2)c34)oc2cc(C)ccc27)c(C)c1.Cc1cc(C)c(-c2cc3c4ccc(C)cc4n4c5cc6cc7c(cc6cc5c(c2)c34)oc2cc(C)ccc27)c(C)c1.Cc1cc(C)c(-c2cc3c4ccc(O)cc4n4c5cc6cc7c(cc6cc5c(c2)c34)oc2cc(O)ccc27)c(C)c1.O=CO[O-].[2H]CF.[B]CC.[Cl][Al]([Cl])[Cl].[H-].[K+].[K+]. The summed E-state index contributed by atoms with van der Waals surface area (Å²) in [5.74, 6) is 0.450. The maximum Gasteiger partial charge on any atom is 1.00 e. The molecule has 9 heterocycles. The van der Waals surface area contributed by atoms with E-state index in [-0.39, 0.29) is 144 Å². The number of furan rings is 3. The smallest absolute Gasteiger partial charge is 1.00 e. The van der Waals surface area contributed by atoms with Crippen molar-refractivity contribution >= 4 is 268 Å². The Bertz CT molecular complexity index is 8800. The van der Waals surface area contributed by atoms with Crippen molar-refractivity contribution in [1.29, 1.82) is 0 Å². The maximum absolute atomic E-state index is 10.5. The van der Waals surface area contributed by atoms with Gasteiger partial charge in [-0.2, -0.15) is 0 Å². The molecular weight excluding hydrogens is 1910 g/mol. The Morgan fingerprint density at radius 1 is 0.329 bits per heavy atom. The third kappa shape index (κ3) is 18.5. The van der Waals surface area contributed by atoms with Crippen molar-refractivity contribution in [2.75, 3.05) is 14.3 Å². The summed E-state index contributed by atoms with van der Waals surface area (Å²) in [6.07, 6.45) is 0.750. The number of hydrogen-bond acceptors (Lipinski definition) is 8. The van der Waals surface area contributed by atoms with Crippen LogP contribution in [0.1, 0.15) is 104 Å². The molecule has 2 radical (unpaired) electrons. The van der Waals surface area contributed by atoms with Crippen LogP contribution in [0.4, 0.5) is 8.78 Å². The van der Waals surface area contributed by atoms with Crippen molar-refractivity contribution in [3.8, 4) is 44.9 Å². The molecule has 20 heteroatoms. The van der Waals surface area contributed by atoms with Gasteiger partial charge in [0.25, 0.3) is 6.47 Å². The van der Waals surface area contributed by atoms with Gasteiger partial charge in [0.1, 0.15) is 45.0 Å². The van der Waals surface area contributed by atoms with Crippen molar-refractivity contribution in [1.82, 2.24) is 13.2 Å². The molecule has 706 valence electrons. The zero-order valence-corrected chi connectivity index (χ0v) is 90.6. The summed E-state index contributed by atoms with van der Waals surface area (Å²) in [5.41, 5.74) is 40.7. The van der Waals surface area contributed by atoms with Crippen molar-refractivity contribution < 1.29 is 153 Å². The summed E-state index contributed by atoms with van der Waals surface area (Å²) in [5, 5.41) is 57.9. The van der Waals surface area contributed by atoms with Gasteiger partial charge in [0.2, 0.25) is 0 Å². The number of halogens is 5. The van der Waals surface area contributed by atoms with Crippen LogP contribution in [0.5, 0.6) is 11.5 Å². The van der Waals surface area contributed by atoms with Crippen molar-refractivity contribution in [3.63, 3.8) is 0 Å². The molecule has 0 amide bonds. The Hall–Kier alpha value is -10.8. The summed E-state index contributed by atoms with van der Waals surface area (Å²) in [6, 6.07) is 93.3. The second-order valence-electron chi connectivity index (χ2n) is 36.9. The number of carbonyl (C=O) groups is 1. The number of phenolic OH excluding ortho intramolecular Hbond substituents is 2. The van der Waals surface area contributed by atoms with Gasteiger partial charge in [-0.15, -0.1) is 0 Å². The molecule has 0 aliphatic rings. The molecule has 0 fully saturated rings. The number of aromatic hydroxyl groups is 2. The molecule has 9 aromatic heterocycles. The fraction of sp³-hybridized carbons (Fsp3) is 0.163. The molecule has 0 bridgehead atoms. The Morgan fingerprint density at radius 2 is 0.538 bits per heavy atom. The Morgan fingerprint density at radius 3 is 0.825 bits per heavy atom. The van der Waals surface area contributed by atoms with E-state index in [0.29, 0.717) is 12.8 Å². The van der Waals surface area contributed by atoms with Crippen LogP contribution in [0.25, 0.3) is 246 Å². The molecule has 27 rings (SSSR count). The zero-order valence-electron chi connectivity index (χ0n) is 83.0. The summed E-state index contributed by atoms with van der Waals surface area (Å²) in [7, 11) is 19.2. The quantitative estimate of drug-likeness (QED) is 0.0768. The molecule has 0 aliphatic carbocycles. The molecule has 2 N–H and O–H groups in total. The minimum Gasteiger partial charge on any atom is -1.00 e. The minimum absolute atomic E-state index is 0. The van der Waals surface area contributed by atoms with Crippen LogP contribution in [-0.2, 0) is 9.68 Å². The monoisotopic (exact) mass is 2010 g/mol. The van der Waals surface area contributed by atoms with Gasteiger partial charge in [-0.3, -0.25) is 13.6 Å². The van der Waals surface area contributed by atoms with Gasteiger partial charge in [-0.05, 0) is 369 Å². The van der Waals surface area contributed by atoms with Gasteiger partial charge in [0.05, 0.1) is 73.2 Å². The van der Waals surface area contributed by atoms with Crippen LogP contribution in [-0.4, -0.2) is 63.4 Å². The van der Waals surface area contributed by atoms with Crippen LogP contribution in [0, 0.1) is 90.0 Å². The standard InChI is InChI=1S/2C39H29NO.C37H25NO3.C2H5B.2CH3F.CH2O3.3CH4.Al.3ClH.2K.H/c2*1-20-6-8-28-32-16-27(38-23(4)10-22(3)11-24(38)5)17-33-30-14-26-19-37-31(29-9-7-21(2)13-36(29)41-37)15-25(26)18-35(30)40(39(32)33)34(28)12-20;1-18-8-19(2)36(20(3)9-18)23-12-30-26-6-4-24(39)16-33(26)38-32-14-21-11-29-27-7-5-25(40)17-35(27)41-34(29)15-22(21)10-28(32)31(13-23)37(30)38;1-2-3;2*1-2;2-1-4-3;;;;;;;;;;/h2*6-19H,1-5H3;4-17,39-40H,1-3H3;2H2,1H3;2*1H3;1,3H;3*1H4;;3*1H;;;/q;;;;;;;;;;+3;;;;2*+1;-1/p-4/i;;;;1D;;;;;;;;;;;;. The number of hydrogen-bond donors (Lipinski definition) is 2. The van der Waals surface area contributed by atoms with E-state index in [0.717, 1.165) is 72.2 Å². The number of nitrogens with zero attached hydrogens (tertiary/aromatic N) is 3. The normalized spacial score (nSPS) is 11.4. The number of carbonyl (C=O) groups excluding carboxylic acids is 1. The first-order chi connectivity index (χ1) is 67.0. The van der Waals surface area contributed by atoms with E-state index < -0.39 is 18.5 Å². The Kier molecular flexibility index (Phi) is 31.1. The summed E-state index contributed by atoms with van der Waals surface area (Å²) in [4.78, 5) is 11.2. The van der Waals surface area contributed by atoms with E-state index in [4.69, 9.17) is 62.7 Å². The molecule has 11 nitrogen and oxygen atoms in total. The topological polar surface area (TPSA) is 142 Å². The number of fused-ring (bicyclic) bond motifs is 30. The number of rotatable bonds is 4. The second-order valence-corrected chi connectivity index (χ2v) is 43.3. The molecule has 0 unspecified atom stereocenters. The molecular formula is C123H108AlBCl3F2K2N3O8. The number of alkyl halides is 2. The van der Waals surface area contributed by atoms with Crippen LogP contribution >= 0.6 is 30.1 Å². The second kappa shape index (κ2) is 42.3. The first-order valence-corrected chi connectivity index (χ1v) is 51.0. The molecule has 143 heavy (non-hydrogen) atoms. The average molecular weight is 2020 g/mol. The number of benzene rings is 18. The molecule has 0 spiro atoms. The van der Waals surface area contributed by atoms with Gasteiger partial charge in [0.15, 0.2) is 0 Å². The maximum atomic E-state index is 10.5. The first-order valence-electron chi connectivity index (χ1n) is 46.5. The van der Waals surface area contributed by atoms with Gasteiger partial charge < -0.3 is 48.2 Å². The van der Waals surface area contributed by atoms with Gasteiger partial charge in [-0.1, -0.05) is 137 Å². The van der Waals surface area contributed by atoms with Crippen LogP contribution in [0.3, 0.4) is 0 Å². The van der Waals surface area contributed by atoms with Crippen molar-refractivity contribution in [2.45, 2.75) is 126 Å². The molecule has 0 saturated heterocycles. The summed E-state index contributed by atoms with van der Waals surface area (Å²) in [6.45, 7) is 30.2. The van der Waals surface area contributed by atoms with Crippen LogP contribution in [0.2, 0.25) is 6.32 Å². The third-order valence-electron chi connectivity index (χ3n) is 27.3. The fourth-order valence-electron chi connectivity index (χ4n) is 22.4. The average Bonchev–Trinajstić information content (AvgIpc) is 1.54. The zero-order chi connectivity index (χ0) is 97.6. The van der Waals surface area contributed by atoms with Crippen molar-refractivity contribution in [2.24, 2.45) is 0 Å². The molecule has 18 aromatic carbocycles. The number of aromatic nitrogens is 3. The van der Waals surface area contributed by atoms with E-state index in [1.165, 1.54) is 247 Å². The van der Waals surface area contributed by atoms with Gasteiger partial charge >= 0.3 is 114 Å². The minimum atomic E-state index is -1.72. The van der Waals surface area contributed by atoms with Crippen LogP contribution < -0.4 is 108 Å². The number of phenols is 2. The third-order valence-corrected chi connectivity index (χ3v) is 27.3. The predicted octanol–water partition coefficient (Wildman–Crippen LogP) is 30.0. The molecule has 0 atom stereocenters. The summed E-state index contributed by atoms with van der Waals surface area (Å²) >= 11 is -1.72. The van der Waals surface area contributed by atoms with E-state index in [1.54, 1.807) is 18.2 Å². The van der Waals surface area contributed by atoms with E-state index >= 15 is 0 Å². The molecule has 27 aromatic rings.